The first-order valence-corrected chi connectivity index (χ1v) is 11.4. The molecule has 1 atom stereocenters. The fraction of sp³-hybridized carbons (Fsp3) is 0.263. The summed E-state index contributed by atoms with van der Waals surface area (Å²) in [4.78, 5) is 24.0. The lowest BCUT2D eigenvalue weighted by Gasteiger charge is -2.18. The van der Waals surface area contributed by atoms with Gasteiger partial charge < -0.3 is 11.1 Å². The standard InChI is InChI=1S/C19H23N3O4S2/c1-27-11-10-17(22-28(25,26)16-8-3-2-4-9-16)19(24)21-13-14-6-5-7-15(12-14)18(20)23/h2-9,12,17,22H,10-11,13H2,1H3,(H2,20,23)(H,21,24). The number of nitrogens with one attached hydrogen (secondary N) is 2. The van der Waals surface area contributed by atoms with Gasteiger partial charge in [0.25, 0.3) is 0 Å². The maximum Gasteiger partial charge on any atom is 0.248 e. The van der Waals surface area contributed by atoms with Gasteiger partial charge in [-0.3, -0.25) is 9.59 Å². The average Bonchev–Trinajstić information content (AvgIpc) is 2.70. The molecule has 2 aromatic carbocycles. The van der Waals surface area contributed by atoms with Gasteiger partial charge in [0.2, 0.25) is 21.8 Å². The van der Waals surface area contributed by atoms with Crippen LogP contribution in [-0.2, 0) is 21.4 Å². The Morgan fingerprint density at radius 2 is 1.82 bits per heavy atom. The lowest BCUT2D eigenvalue weighted by atomic mass is 10.1. The minimum Gasteiger partial charge on any atom is -0.366 e. The highest BCUT2D eigenvalue weighted by molar-refractivity contribution is 7.98. The maximum atomic E-state index is 12.6. The predicted octanol–water partition coefficient (Wildman–Crippen LogP) is 1.50. The molecule has 9 heteroatoms. The van der Waals surface area contributed by atoms with Crippen molar-refractivity contribution in [2.24, 2.45) is 5.73 Å². The largest absolute Gasteiger partial charge is 0.366 e. The van der Waals surface area contributed by atoms with Crippen LogP contribution in [0, 0.1) is 0 Å². The lowest BCUT2D eigenvalue weighted by Crippen LogP contribution is -2.46. The van der Waals surface area contributed by atoms with E-state index in [0.717, 1.165) is 0 Å². The number of hydrogen-bond acceptors (Lipinski definition) is 5. The van der Waals surface area contributed by atoms with Gasteiger partial charge in [-0.05, 0) is 48.3 Å². The zero-order valence-electron chi connectivity index (χ0n) is 15.4. The smallest absolute Gasteiger partial charge is 0.248 e. The van der Waals surface area contributed by atoms with Crippen molar-refractivity contribution in [2.45, 2.75) is 23.9 Å². The average molecular weight is 422 g/mol. The molecule has 1 unspecified atom stereocenters. The Labute approximate surface area is 169 Å². The zero-order chi connectivity index (χ0) is 20.6. The summed E-state index contributed by atoms with van der Waals surface area (Å²) in [6, 6.07) is 13.6. The van der Waals surface area contributed by atoms with Crippen molar-refractivity contribution in [1.29, 1.82) is 0 Å². The van der Waals surface area contributed by atoms with E-state index in [1.165, 1.54) is 23.9 Å². The summed E-state index contributed by atoms with van der Waals surface area (Å²) in [6.07, 6.45) is 2.23. The first kappa shape index (κ1) is 21.9. The van der Waals surface area contributed by atoms with E-state index < -0.39 is 27.9 Å². The highest BCUT2D eigenvalue weighted by atomic mass is 32.2. The molecule has 0 saturated carbocycles. The highest BCUT2D eigenvalue weighted by Crippen LogP contribution is 2.11. The number of sulfonamides is 1. The summed E-state index contributed by atoms with van der Waals surface area (Å²) in [5, 5.41) is 2.72. The second-order valence-electron chi connectivity index (χ2n) is 6.05. The fourth-order valence-corrected chi connectivity index (χ4v) is 4.20. The Hall–Kier alpha value is -2.36. The molecule has 0 aromatic heterocycles. The van der Waals surface area contributed by atoms with Crippen molar-refractivity contribution in [3.8, 4) is 0 Å². The maximum absolute atomic E-state index is 12.6. The third kappa shape index (κ3) is 6.36. The number of rotatable bonds is 10. The first-order chi connectivity index (χ1) is 13.3. The summed E-state index contributed by atoms with van der Waals surface area (Å²) in [5.74, 6) is -0.369. The first-order valence-electron chi connectivity index (χ1n) is 8.56. The zero-order valence-corrected chi connectivity index (χ0v) is 17.1. The van der Waals surface area contributed by atoms with Crippen LogP contribution in [0.3, 0.4) is 0 Å². The Bertz CT molecular complexity index is 918. The number of primary amides is 1. The molecule has 0 spiro atoms. The van der Waals surface area contributed by atoms with E-state index in [0.29, 0.717) is 23.3 Å². The van der Waals surface area contributed by atoms with Crippen LogP contribution in [0.2, 0.25) is 0 Å². The third-order valence-electron chi connectivity index (χ3n) is 3.96. The Kier molecular flexibility index (Phi) is 8.04. The molecule has 0 radical (unpaired) electrons. The normalized spacial score (nSPS) is 12.3. The molecule has 7 nitrogen and oxygen atoms in total. The van der Waals surface area contributed by atoms with Crippen molar-refractivity contribution in [3.63, 3.8) is 0 Å². The van der Waals surface area contributed by atoms with Crippen molar-refractivity contribution < 1.29 is 18.0 Å². The van der Waals surface area contributed by atoms with E-state index >= 15 is 0 Å². The molecule has 2 aromatic rings. The van der Waals surface area contributed by atoms with Crippen molar-refractivity contribution in [3.05, 3.63) is 65.7 Å². The molecule has 0 aliphatic heterocycles. The summed E-state index contributed by atoms with van der Waals surface area (Å²) < 4.78 is 27.6. The number of benzene rings is 2. The molecule has 0 aliphatic rings. The Morgan fingerprint density at radius 1 is 1.11 bits per heavy atom. The molecule has 150 valence electrons. The minimum atomic E-state index is -3.82. The Balaban J connectivity index is 2.08. The van der Waals surface area contributed by atoms with Gasteiger partial charge in [0.1, 0.15) is 6.04 Å². The van der Waals surface area contributed by atoms with Gasteiger partial charge >= 0.3 is 0 Å². The topological polar surface area (TPSA) is 118 Å². The van der Waals surface area contributed by atoms with Gasteiger partial charge in [-0.1, -0.05) is 30.3 Å². The van der Waals surface area contributed by atoms with Gasteiger partial charge in [-0.15, -0.1) is 0 Å². The third-order valence-corrected chi connectivity index (χ3v) is 6.09. The van der Waals surface area contributed by atoms with Crippen LogP contribution in [0.4, 0.5) is 0 Å². The number of thioether (sulfide) groups is 1. The van der Waals surface area contributed by atoms with Gasteiger partial charge in [0, 0.05) is 12.1 Å². The van der Waals surface area contributed by atoms with Crippen molar-refractivity contribution in [1.82, 2.24) is 10.0 Å². The quantitative estimate of drug-likeness (QED) is 0.537. The highest BCUT2D eigenvalue weighted by Gasteiger charge is 2.25. The summed E-state index contributed by atoms with van der Waals surface area (Å²) in [7, 11) is -3.82. The molecule has 28 heavy (non-hydrogen) atoms. The van der Waals surface area contributed by atoms with Crippen LogP contribution < -0.4 is 15.8 Å². The molecular weight excluding hydrogens is 398 g/mol. The lowest BCUT2D eigenvalue weighted by molar-refractivity contribution is -0.122. The fourth-order valence-electron chi connectivity index (χ4n) is 2.48. The van der Waals surface area contributed by atoms with Crippen molar-refractivity contribution >= 4 is 33.6 Å². The molecule has 2 amide bonds. The van der Waals surface area contributed by atoms with Crippen LogP contribution in [0.15, 0.2) is 59.5 Å². The monoisotopic (exact) mass is 421 g/mol. The van der Waals surface area contributed by atoms with Gasteiger partial charge in [-0.2, -0.15) is 16.5 Å². The van der Waals surface area contributed by atoms with E-state index in [-0.39, 0.29) is 11.4 Å². The van der Waals surface area contributed by atoms with Crippen LogP contribution >= 0.6 is 11.8 Å². The van der Waals surface area contributed by atoms with E-state index in [9.17, 15) is 18.0 Å². The second kappa shape index (κ2) is 10.3. The summed E-state index contributed by atoms with van der Waals surface area (Å²) >= 11 is 1.52. The number of hydrogen-bond donors (Lipinski definition) is 3. The van der Waals surface area contributed by atoms with Crippen LogP contribution in [0.1, 0.15) is 22.3 Å². The molecule has 0 saturated heterocycles. The summed E-state index contributed by atoms with van der Waals surface area (Å²) in [5.41, 5.74) is 6.30. The SMILES string of the molecule is CSCCC(NS(=O)(=O)c1ccccc1)C(=O)NCc1cccc(C(N)=O)c1. The van der Waals surface area contributed by atoms with Crippen molar-refractivity contribution in [2.75, 3.05) is 12.0 Å². The predicted molar refractivity (Wildman–Crippen MR) is 110 cm³/mol. The molecule has 0 bridgehead atoms. The number of nitrogens with two attached hydrogens (primary N) is 1. The number of carbonyl (C=O) groups excluding carboxylic acids is 2. The number of amides is 2. The molecule has 0 heterocycles. The van der Waals surface area contributed by atoms with Crippen LogP contribution in [0.5, 0.6) is 0 Å². The number of carbonyl (C=O) groups is 2. The van der Waals surface area contributed by atoms with E-state index in [1.807, 2.05) is 6.26 Å². The molecule has 0 aliphatic carbocycles. The summed E-state index contributed by atoms with van der Waals surface area (Å²) in [6.45, 7) is 0.156. The molecule has 2 rings (SSSR count). The molecular formula is C19H23N3O4S2. The van der Waals surface area contributed by atoms with Gasteiger partial charge in [-0.25, -0.2) is 8.42 Å². The molecule has 4 N–H and O–H groups in total. The van der Waals surface area contributed by atoms with Gasteiger partial charge in [0.05, 0.1) is 4.90 Å². The second-order valence-corrected chi connectivity index (χ2v) is 8.75. The van der Waals surface area contributed by atoms with Crippen LogP contribution in [-0.4, -0.2) is 38.3 Å². The Morgan fingerprint density at radius 3 is 2.46 bits per heavy atom. The minimum absolute atomic E-state index is 0.103. The van der Waals surface area contributed by atoms with E-state index in [2.05, 4.69) is 10.0 Å². The van der Waals surface area contributed by atoms with E-state index in [4.69, 9.17) is 5.73 Å². The van der Waals surface area contributed by atoms with E-state index in [1.54, 1.807) is 42.5 Å². The van der Waals surface area contributed by atoms with Crippen LogP contribution in [0.25, 0.3) is 0 Å². The van der Waals surface area contributed by atoms with Gasteiger partial charge in [0.15, 0.2) is 0 Å². The molecule has 0 fully saturated rings.